The van der Waals surface area contributed by atoms with Crippen LogP contribution in [0.25, 0.3) is 0 Å². The third-order valence-corrected chi connectivity index (χ3v) is 1.12. The number of rotatable bonds is 4. The van der Waals surface area contributed by atoms with Gasteiger partial charge in [0.2, 0.25) is 0 Å². The van der Waals surface area contributed by atoms with Gasteiger partial charge in [-0.25, -0.2) is 0 Å². The zero-order chi connectivity index (χ0) is 7.66. The lowest BCUT2D eigenvalue weighted by Crippen LogP contribution is -1.85. The van der Waals surface area contributed by atoms with E-state index in [0.717, 1.165) is 25.9 Å². The summed E-state index contributed by atoms with van der Waals surface area (Å²) in [5, 5.41) is 0. The Bertz CT molecular complexity index is 108. The Balaban J connectivity index is 2.96. The van der Waals surface area contributed by atoms with Gasteiger partial charge in [-0.1, -0.05) is 26.2 Å². The van der Waals surface area contributed by atoms with Gasteiger partial charge in [0, 0.05) is 6.42 Å². The molecule has 0 N–H and O–H groups in total. The van der Waals surface area contributed by atoms with E-state index < -0.39 is 0 Å². The average Bonchev–Trinajstić information content (AvgIpc) is 1.97. The Morgan fingerprint density at radius 3 is 2.60 bits per heavy atom. The fraction of sp³-hybridized carbons (Fsp3) is 0.778. The second kappa shape index (κ2) is 8.36. The van der Waals surface area contributed by atoms with Crippen molar-refractivity contribution in [1.82, 2.24) is 0 Å². The molecule has 1 heteroatoms. The molecule has 0 aliphatic rings. The molecule has 10 heavy (non-hydrogen) atoms. The number of ether oxygens (including phenoxy) is 1. The van der Waals surface area contributed by atoms with Gasteiger partial charge < -0.3 is 4.74 Å². The highest BCUT2D eigenvalue weighted by molar-refractivity contribution is 4.90. The van der Waals surface area contributed by atoms with E-state index in [2.05, 4.69) is 25.9 Å². The normalized spacial score (nSPS) is 8.20. The molecule has 0 aliphatic heterocycles. The highest BCUT2D eigenvalue weighted by atomic mass is 16.5. The molecule has 0 rings (SSSR count). The molecule has 0 radical (unpaired) electrons. The summed E-state index contributed by atoms with van der Waals surface area (Å²) in [5.74, 6) is 2.92. The van der Waals surface area contributed by atoms with Crippen LogP contribution in [0.1, 0.15) is 39.5 Å². The zero-order valence-electron chi connectivity index (χ0n) is 6.94. The van der Waals surface area contributed by atoms with Crippen LogP contribution in [-0.4, -0.2) is 6.61 Å². The predicted octanol–water partition coefficient (Wildman–Crippen LogP) is 2.56. The SMILES string of the molecule is CCCC#COCCCC. The molecule has 0 atom stereocenters. The van der Waals surface area contributed by atoms with Crippen LogP contribution >= 0.6 is 0 Å². The van der Waals surface area contributed by atoms with Crippen molar-refractivity contribution in [3.8, 4) is 12.0 Å². The van der Waals surface area contributed by atoms with Gasteiger partial charge in [0.15, 0.2) is 0 Å². The maximum atomic E-state index is 5.02. The van der Waals surface area contributed by atoms with E-state index in [0.29, 0.717) is 0 Å². The van der Waals surface area contributed by atoms with Crippen molar-refractivity contribution in [3.05, 3.63) is 0 Å². The van der Waals surface area contributed by atoms with Crippen molar-refractivity contribution < 1.29 is 4.74 Å². The third-order valence-electron chi connectivity index (χ3n) is 1.12. The molecule has 0 saturated heterocycles. The highest BCUT2D eigenvalue weighted by Crippen LogP contribution is 1.86. The Hall–Kier alpha value is -0.640. The van der Waals surface area contributed by atoms with Crippen molar-refractivity contribution in [1.29, 1.82) is 0 Å². The molecule has 0 aromatic rings. The van der Waals surface area contributed by atoms with Gasteiger partial charge in [-0.15, -0.1) is 0 Å². The van der Waals surface area contributed by atoms with E-state index in [-0.39, 0.29) is 0 Å². The lowest BCUT2D eigenvalue weighted by atomic mass is 10.3. The maximum Gasteiger partial charge on any atom is 0.110 e. The molecule has 0 heterocycles. The van der Waals surface area contributed by atoms with Crippen LogP contribution in [0, 0.1) is 12.0 Å². The summed E-state index contributed by atoms with van der Waals surface area (Å²) < 4.78 is 5.02. The molecular weight excluding hydrogens is 124 g/mol. The predicted molar refractivity (Wildman–Crippen MR) is 43.5 cm³/mol. The number of unbranched alkanes of at least 4 members (excludes halogenated alkanes) is 2. The molecular formula is C9H16O. The second-order valence-corrected chi connectivity index (χ2v) is 2.23. The Labute approximate surface area is 63.8 Å². The van der Waals surface area contributed by atoms with Gasteiger partial charge in [0.05, 0.1) is 0 Å². The van der Waals surface area contributed by atoms with Crippen LogP contribution < -0.4 is 0 Å². The van der Waals surface area contributed by atoms with Gasteiger partial charge in [-0.05, 0) is 12.8 Å². The van der Waals surface area contributed by atoms with Crippen LogP contribution in [0.4, 0.5) is 0 Å². The van der Waals surface area contributed by atoms with Gasteiger partial charge in [-0.3, -0.25) is 0 Å². The van der Waals surface area contributed by atoms with E-state index in [1.807, 2.05) is 0 Å². The average molecular weight is 140 g/mol. The minimum Gasteiger partial charge on any atom is -0.447 e. The monoisotopic (exact) mass is 140 g/mol. The first-order chi connectivity index (χ1) is 4.91. The maximum absolute atomic E-state index is 5.02. The minimum absolute atomic E-state index is 0.785. The fourth-order valence-corrected chi connectivity index (χ4v) is 0.495. The number of hydrogen-bond donors (Lipinski definition) is 0. The van der Waals surface area contributed by atoms with Crippen molar-refractivity contribution in [2.24, 2.45) is 0 Å². The fourth-order valence-electron chi connectivity index (χ4n) is 0.495. The van der Waals surface area contributed by atoms with E-state index in [9.17, 15) is 0 Å². The Morgan fingerprint density at radius 1 is 1.20 bits per heavy atom. The Kier molecular flexibility index (Phi) is 7.82. The molecule has 58 valence electrons. The van der Waals surface area contributed by atoms with E-state index >= 15 is 0 Å². The van der Waals surface area contributed by atoms with Crippen LogP contribution in [0.15, 0.2) is 0 Å². The smallest absolute Gasteiger partial charge is 0.110 e. The molecule has 0 aliphatic carbocycles. The largest absolute Gasteiger partial charge is 0.447 e. The standard InChI is InChI=1S/C9H16O/c1-3-5-7-9-10-8-6-4-2/h3-6,8H2,1-2H3. The topological polar surface area (TPSA) is 9.23 Å². The summed E-state index contributed by atoms with van der Waals surface area (Å²) in [6.45, 7) is 5.04. The van der Waals surface area contributed by atoms with Crippen molar-refractivity contribution in [2.45, 2.75) is 39.5 Å². The first-order valence-electron chi connectivity index (χ1n) is 4.01. The lowest BCUT2D eigenvalue weighted by Gasteiger charge is -1.91. The molecule has 0 aromatic heterocycles. The molecule has 0 saturated carbocycles. The van der Waals surface area contributed by atoms with Crippen LogP contribution in [0.3, 0.4) is 0 Å². The summed E-state index contributed by atoms with van der Waals surface area (Å²) in [6, 6.07) is 0. The number of hydrogen-bond acceptors (Lipinski definition) is 1. The van der Waals surface area contributed by atoms with E-state index in [1.165, 1.54) is 6.42 Å². The van der Waals surface area contributed by atoms with Crippen molar-refractivity contribution in [3.63, 3.8) is 0 Å². The summed E-state index contributed by atoms with van der Waals surface area (Å²) in [5.41, 5.74) is 0. The highest BCUT2D eigenvalue weighted by Gasteiger charge is 1.78. The zero-order valence-corrected chi connectivity index (χ0v) is 6.94. The molecule has 0 fully saturated rings. The summed E-state index contributed by atoms with van der Waals surface area (Å²) >= 11 is 0. The molecule has 1 nitrogen and oxygen atoms in total. The van der Waals surface area contributed by atoms with Gasteiger partial charge in [0.1, 0.15) is 12.7 Å². The van der Waals surface area contributed by atoms with Crippen LogP contribution in [0.5, 0.6) is 0 Å². The van der Waals surface area contributed by atoms with Crippen LogP contribution in [0.2, 0.25) is 0 Å². The van der Waals surface area contributed by atoms with E-state index in [1.54, 1.807) is 0 Å². The summed E-state index contributed by atoms with van der Waals surface area (Å²) in [4.78, 5) is 0. The molecule has 0 spiro atoms. The molecule has 0 amide bonds. The van der Waals surface area contributed by atoms with Crippen LogP contribution in [-0.2, 0) is 4.74 Å². The quantitative estimate of drug-likeness (QED) is 0.431. The van der Waals surface area contributed by atoms with Gasteiger partial charge in [-0.2, -0.15) is 0 Å². The second-order valence-electron chi connectivity index (χ2n) is 2.23. The minimum atomic E-state index is 0.785. The Morgan fingerprint density at radius 2 is 2.00 bits per heavy atom. The van der Waals surface area contributed by atoms with Gasteiger partial charge in [0.25, 0.3) is 0 Å². The summed E-state index contributed by atoms with van der Waals surface area (Å²) in [6.07, 6.45) is 7.02. The third kappa shape index (κ3) is 7.36. The molecule has 0 bridgehead atoms. The summed E-state index contributed by atoms with van der Waals surface area (Å²) in [7, 11) is 0. The molecule has 0 aromatic carbocycles. The first-order valence-corrected chi connectivity index (χ1v) is 4.01. The van der Waals surface area contributed by atoms with Gasteiger partial charge >= 0.3 is 0 Å². The van der Waals surface area contributed by atoms with E-state index in [4.69, 9.17) is 4.74 Å². The lowest BCUT2D eigenvalue weighted by molar-refractivity contribution is 0.270. The molecule has 0 unspecified atom stereocenters. The van der Waals surface area contributed by atoms with Crippen molar-refractivity contribution >= 4 is 0 Å². The van der Waals surface area contributed by atoms with Crippen molar-refractivity contribution in [2.75, 3.05) is 6.61 Å². The first kappa shape index (κ1) is 9.36.